The summed E-state index contributed by atoms with van der Waals surface area (Å²) in [6.45, 7) is 0.975. The molecule has 2 heterocycles. The minimum atomic E-state index is 0.451. The highest BCUT2D eigenvalue weighted by atomic mass is 35.5. The summed E-state index contributed by atoms with van der Waals surface area (Å²) in [5.41, 5.74) is 3.23. The van der Waals surface area contributed by atoms with E-state index in [2.05, 4.69) is 15.3 Å². The molecule has 5 heteroatoms. The summed E-state index contributed by atoms with van der Waals surface area (Å²) in [5, 5.41) is 11.5. The molecule has 0 aromatic carbocycles. The van der Waals surface area contributed by atoms with Gasteiger partial charge in [0.05, 0.1) is 11.0 Å². The Morgan fingerprint density at radius 3 is 2.87 bits per heavy atom. The average molecular weight is 329 g/mol. The summed E-state index contributed by atoms with van der Waals surface area (Å²) in [4.78, 5) is 8.68. The molecule has 1 aliphatic rings. The van der Waals surface area contributed by atoms with E-state index in [9.17, 15) is 0 Å². The van der Waals surface area contributed by atoms with E-state index in [1.807, 2.05) is 18.3 Å². The summed E-state index contributed by atoms with van der Waals surface area (Å²) in [7, 11) is 0. The number of rotatable bonds is 5. The molecular formula is C18H21ClN4. The van der Waals surface area contributed by atoms with Crippen LogP contribution in [0.15, 0.2) is 30.6 Å². The smallest absolute Gasteiger partial charge is 0.129 e. The van der Waals surface area contributed by atoms with Gasteiger partial charge in [-0.05, 0) is 37.0 Å². The van der Waals surface area contributed by atoms with Crippen LogP contribution < -0.4 is 5.32 Å². The predicted octanol–water partition coefficient (Wildman–Crippen LogP) is 4.44. The predicted molar refractivity (Wildman–Crippen MR) is 95.9 cm³/mol. The molecule has 3 rings (SSSR count). The van der Waals surface area contributed by atoms with Gasteiger partial charge in [-0.1, -0.05) is 30.9 Å². The maximum Gasteiger partial charge on any atom is 0.129 e. The van der Waals surface area contributed by atoms with Gasteiger partial charge >= 0.3 is 0 Å². The molecule has 2 N–H and O–H groups in total. The van der Waals surface area contributed by atoms with Crippen molar-refractivity contribution in [1.29, 1.82) is 5.41 Å². The number of halogens is 1. The lowest BCUT2D eigenvalue weighted by Gasteiger charge is -2.21. The third-order valence-corrected chi connectivity index (χ3v) is 4.59. The molecule has 23 heavy (non-hydrogen) atoms. The Kier molecular flexibility index (Phi) is 5.23. The Morgan fingerprint density at radius 1 is 1.26 bits per heavy atom. The van der Waals surface area contributed by atoms with Crippen LogP contribution >= 0.6 is 11.6 Å². The van der Waals surface area contributed by atoms with E-state index in [-0.39, 0.29) is 0 Å². The van der Waals surface area contributed by atoms with E-state index in [1.54, 1.807) is 12.3 Å². The van der Waals surface area contributed by atoms with Crippen molar-refractivity contribution in [2.45, 2.75) is 32.1 Å². The Morgan fingerprint density at radius 2 is 2.09 bits per heavy atom. The first-order valence-corrected chi connectivity index (χ1v) is 8.51. The maximum absolute atomic E-state index is 7.66. The summed E-state index contributed by atoms with van der Waals surface area (Å²) in [6, 6.07) is 5.51. The van der Waals surface area contributed by atoms with Crippen LogP contribution in [0.1, 0.15) is 37.7 Å². The van der Waals surface area contributed by atoms with Crippen molar-refractivity contribution in [3.8, 4) is 0 Å². The van der Waals surface area contributed by atoms with Crippen molar-refractivity contribution >= 4 is 34.4 Å². The Hall–Kier alpha value is -1.94. The van der Waals surface area contributed by atoms with Gasteiger partial charge < -0.3 is 10.7 Å². The number of allylic oxidation sites excluding steroid dienone is 1. The molecular weight excluding hydrogens is 308 g/mol. The van der Waals surface area contributed by atoms with Crippen LogP contribution in [-0.2, 0) is 0 Å². The zero-order valence-electron chi connectivity index (χ0n) is 13.1. The highest BCUT2D eigenvalue weighted by Gasteiger charge is 2.12. The van der Waals surface area contributed by atoms with Crippen molar-refractivity contribution < 1.29 is 0 Å². The van der Waals surface area contributed by atoms with Crippen LogP contribution in [0.25, 0.3) is 16.6 Å². The molecule has 1 saturated carbocycles. The van der Waals surface area contributed by atoms with Gasteiger partial charge in [-0.3, -0.25) is 4.98 Å². The SMILES string of the molecule is N=C/C(=C\NCC1CCCCC1)c1cnc2ccc(Cl)nc2c1. The molecule has 0 aliphatic heterocycles. The molecule has 0 bridgehead atoms. The molecule has 0 saturated heterocycles. The standard InChI is InChI=1S/C18H21ClN4/c19-18-7-6-16-17(23-18)8-14(12-22-16)15(9-20)11-21-10-13-4-2-1-3-5-13/h6-9,11-13,20-21H,1-5,10H2/b15-11+,20-9?. The third kappa shape index (κ3) is 4.08. The summed E-state index contributed by atoms with van der Waals surface area (Å²) < 4.78 is 0. The third-order valence-electron chi connectivity index (χ3n) is 4.38. The molecule has 0 spiro atoms. The van der Waals surface area contributed by atoms with Crippen LogP contribution in [0.4, 0.5) is 0 Å². The van der Waals surface area contributed by atoms with Gasteiger partial charge in [0.25, 0.3) is 0 Å². The Bertz CT molecular complexity index is 720. The van der Waals surface area contributed by atoms with Crippen molar-refractivity contribution in [2.24, 2.45) is 5.92 Å². The normalized spacial score (nSPS) is 16.5. The fourth-order valence-corrected chi connectivity index (χ4v) is 3.23. The lowest BCUT2D eigenvalue weighted by molar-refractivity contribution is 0.354. The second-order valence-electron chi connectivity index (χ2n) is 6.05. The lowest BCUT2D eigenvalue weighted by atomic mass is 9.89. The maximum atomic E-state index is 7.66. The first-order valence-electron chi connectivity index (χ1n) is 8.13. The molecule has 0 unspecified atom stereocenters. The van der Waals surface area contributed by atoms with Gasteiger partial charge in [0.2, 0.25) is 0 Å². The average Bonchev–Trinajstić information content (AvgIpc) is 2.59. The molecule has 4 nitrogen and oxygen atoms in total. The topological polar surface area (TPSA) is 61.7 Å². The molecule has 2 aromatic heterocycles. The highest BCUT2D eigenvalue weighted by Crippen LogP contribution is 2.23. The fourth-order valence-electron chi connectivity index (χ4n) is 3.07. The van der Waals surface area contributed by atoms with E-state index in [1.165, 1.54) is 38.3 Å². The molecule has 120 valence electrons. The second-order valence-corrected chi connectivity index (χ2v) is 6.44. The van der Waals surface area contributed by atoms with Crippen LogP contribution in [0, 0.1) is 11.3 Å². The van der Waals surface area contributed by atoms with Crippen LogP contribution in [0.2, 0.25) is 5.15 Å². The van der Waals surface area contributed by atoms with Crippen molar-refractivity contribution in [2.75, 3.05) is 6.54 Å². The van der Waals surface area contributed by atoms with E-state index in [0.29, 0.717) is 5.15 Å². The monoisotopic (exact) mass is 328 g/mol. The van der Waals surface area contributed by atoms with Gasteiger partial charge in [0, 0.05) is 36.3 Å². The number of fused-ring (bicyclic) bond motifs is 1. The number of hydrogen-bond acceptors (Lipinski definition) is 4. The minimum Gasteiger partial charge on any atom is -0.390 e. The van der Waals surface area contributed by atoms with Gasteiger partial charge in [-0.15, -0.1) is 0 Å². The molecule has 0 radical (unpaired) electrons. The van der Waals surface area contributed by atoms with Gasteiger partial charge in [-0.25, -0.2) is 4.98 Å². The van der Waals surface area contributed by atoms with Gasteiger partial charge in [0.15, 0.2) is 0 Å². The number of aromatic nitrogens is 2. The van der Waals surface area contributed by atoms with E-state index < -0.39 is 0 Å². The first kappa shape index (κ1) is 15.9. The zero-order chi connectivity index (χ0) is 16.1. The summed E-state index contributed by atoms with van der Waals surface area (Å²) >= 11 is 5.94. The highest BCUT2D eigenvalue weighted by molar-refractivity contribution is 6.29. The fraction of sp³-hybridized carbons (Fsp3) is 0.389. The quantitative estimate of drug-likeness (QED) is 0.630. The van der Waals surface area contributed by atoms with E-state index in [0.717, 1.165) is 34.6 Å². The van der Waals surface area contributed by atoms with E-state index >= 15 is 0 Å². The molecule has 1 fully saturated rings. The number of nitrogens with zero attached hydrogens (tertiary/aromatic N) is 2. The number of nitrogens with one attached hydrogen (secondary N) is 2. The number of pyridine rings is 2. The van der Waals surface area contributed by atoms with Crippen molar-refractivity contribution in [1.82, 2.24) is 15.3 Å². The van der Waals surface area contributed by atoms with Crippen LogP contribution in [-0.4, -0.2) is 22.7 Å². The Balaban J connectivity index is 1.74. The van der Waals surface area contributed by atoms with E-state index in [4.69, 9.17) is 17.0 Å². The lowest BCUT2D eigenvalue weighted by Crippen LogP contribution is -2.20. The molecule has 2 aromatic rings. The first-order chi connectivity index (χ1) is 11.3. The zero-order valence-corrected chi connectivity index (χ0v) is 13.8. The second kappa shape index (κ2) is 7.55. The van der Waals surface area contributed by atoms with Crippen LogP contribution in [0.3, 0.4) is 0 Å². The van der Waals surface area contributed by atoms with Crippen LogP contribution in [0.5, 0.6) is 0 Å². The van der Waals surface area contributed by atoms with Crippen molar-refractivity contribution in [3.05, 3.63) is 41.3 Å². The minimum absolute atomic E-state index is 0.451. The Labute approximate surface area is 141 Å². The molecule has 1 aliphatic carbocycles. The van der Waals surface area contributed by atoms with Gasteiger partial charge in [0.1, 0.15) is 5.15 Å². The molecule has 0 atom stereocenters. The van der Waals surface area contributed by atoms with Crippen molar-refractivity contribution in [3.63, 3.8) is 0 Å². The molecule has 0 amide bonds. The number of hydrogen-bond donors (Lipinski definition) is 2. The van der Waals surface area contributed by atoms with Gasteiger partial charge in [-0.2, -0.15) is 0 Å². The summed E-state index contributed by atoms with van der Waals surface area (Å²) in [6.07, 6.45) is 11.7. The summed E-state index contributed by atoms with van der Waals surface area (Å²) in [5.74, 6) is 0.752. The largest absolute Gasteiger partial charge is 0.390 e.